The van der Waals surface area contributed by atoms with Gasteiger partial charge in [0.25, 0.3) is 0 Å². The monoisotopic (exact) mass is 772 g/mol. The number of allylic oxidation sites excluding steroid dienone is 7. The molecule has 320 valence electrons. The van der Waals surface area contributed by atoms with Gasteiger partial charge in [0.2, 0.25) is 5.91 Å². The van der Waals surface area contributed by atoms with E-state index in [2.05, 4.69) is 55.6 Å². The molecule has 0 radical (unpaired) electrons. The van der Waals surface area contributed by atoms with E-state index in [1.54, 1.807) is 6.08 Å². The lowest BCUT2D eigenvalue weighted by molar-refractivity contribution is -0.143. The molecule has 0 fully saturated rings. The average Bonchev–Trinajstić information content (AvgIpc) is 3.18. The first-order chi connectivity index (χ1) is 27.0. The van der Waals surface area contributed by atoms with Crippen LogP contribution in [-0.2, 0) is 14.3 Å². The minimum absolute atomic E-state index is 0.0529. The molecular formula is C49H89NO5. The minimum Gasteiger partial charge on any atom is -0.466 e. The van der Waals surface area contributed by atoms with Crippen molar-refractivity contribution < 1.29 is 24.5 Å². The SMILES string of the molecule is CCCCCC/C=C\C/C=C\CCCCCCCC(=O)OCCCCCC/C=C\CCCC(=O)NC(CO)C(O)/C=C/CCCCCCCCCCCCC. The Balaban J connectivity index is 3.61. The second kappa shape index (κ2) is 44.5. The fraction of sp³-hybridized carbons (Fsp3) is 0.796. The predicted molar refractivity (Wildman–Crippen MR) is 236 cm³/mol. The van der Waals surface area contributed by atoms with Crippen LogP contribution in [-0.4, -0.2) is 47.4 Å². The van der Waals surface area contributed by atoms with Gasteiger partial charge in [-0.15, -0.1) is 0 Å². The molecule has 0 aromatic rings. The number of amides is 1. The number of aliphatic hydroxyl groups excluding tert-OH is 2. The molecule has 0 aromatic heterocycles. The standard InChI is InChI=1S/C49H89NO5/c1-3-5-7-9-11-13-15-17-18-19-21-23-27-31-35-39-43-49(54)55-44-40-36-32-28-24-26-30-34-38-42-48(53)50-46(45-51)47(52)41-37-33-29-25-22-20-16-14-12-10-8-6-4-2/h13,15,18-19,26,30,37,41,46-47,51-52H,3-12,14,16-17,20-25,27-29,31-36,38-40,42-45H2,1-2H3,(H,50,53)/b15-13-,19-18-,30-26-,41-37+. The maximum absolute atomic E-state index is 12.4. The Morgan fingerprint density at radius 2 is 0.927 bits per heavy atom. The van der Waals surface area contributed by atoms with Gasteiger partial charge in [-0.1, -0.05) is 178 Å². The molecule has 0 saturated heterocycles. The van der Waals surface area contributed by atoms with Gasteiger partial charge in [-0.2, -0.15) is 0 Å². The minimum atomic E-state index is -0.876. The summed E-state index contributed by atoms with van der Waals surface area (Å²) in [5, 5.41) is 22.9. The van der Waals surface area contributed by atoms with Crippen LogP contribution in [0.3, 0.4) is 0 Å². The number of hydrogen-bond donors (Lipinski definition) is 3. The lowest BCUT2D eigenvalue weighted by Crippen LogP contribution is -2.45. The van der Waals surface area contributed by atoms with Crippen molar-refractivity contribution in [2.24, 2.45) is 0 Å². The maximum atomic E-state index is 12.4. The molecular weight excluding hydrogens is 683 g/mol. The van der Waals surface area contributed by atoms with E-state index >= 15 is 0 Å². The summed E-state index contributed by atoms with van der Waals surface area (Å²) in [5.74, 6) is -0.185. The van der Waals surface area contributed by atoms with Gasteiger partial charge >= 0.3 is 5.97 Å². The third kappa shape index (κ3) is 41.3. The van der Waals surface area contributed by atoms with E-state index < -0.39 is 12.1 Å². The van der Waals surface area contributed by atoms with E-state index in [4.69, 9.17) is 4.74 Å². The summed E-state index contributed by atoms with van der Waals surface area (Å²) in [6, 6.07) is -0.666. The van der Waals surface area contributed by atoms with Gasteiger partial charge in [0, 0.05) is 12.8 Å². The Hall–Kier alpha value is -2.18. The highest BCUT2D eigenvalue weighted by Gasteiger charge is 2.17. The van der Waals surface area contributed by atoms with Crippen LogP contribution in [0.15, 0.2) is 48.6 Å². The molecule has 0 bridgehead atoms. The molecule has 0 aliphatic carbocycles. The normalized spacial score (nSPS) is 13.2. The molecule has 2 atom stereocenters. The van der Waals surface area contributed by atoms with E-state index in [-0.39, 0.29) is 18.5 Å². The van der Waals surface area contributed by atoms with Crippen LogP contribution in [0.25, 0.3) is 0 Å². The fourth-order valence-corrected chi connectivity index (χ4v) is 6.66. The third-order valence-electron chi connectivity index (χ3n) is 10.3. The molecule has 0 aliphatic rings. The highest BCUT2D eigenvalue weighted by molar-refractivity contribution is 5.76. The van der Waals surface area contributed by atoms with Gasteiger partial charge in [0.15, 0.2) is 0 Å². The highest BCUT2D eigenvalue weighted by Crippen LogP contribution is 2.13. The first-order valence-corrected chi connectivity index (χ1v) is 23.4. The first-order valence-electron chi connectivity index (χ1n) is 23.4. The van der Waals surface area contributed by atoms with E-state index in [9.17, 15) is 19.8 Å². The van der Waals surface area contributed by atoms with Gasteiger partial charge in [-0.25, -0.2) is 0 Å². The predicted octanol–water partition coefficient (Wildman–Crippen LogP) is 13.5. The molecule has 6 heteroatoms. The molecule has 0 rings (SSSR count). The topological polar surface area (TPSA) is 95.9 Å². The lowest BCUT2D eigenvalue weighted by atomic mass is 10.0. The zero-order valence-corrected chi connectivity index (χ0v) is 36.1. The molecule has 0 spiro atoms. The molecule has 1 amide bonds. The largest absolute Gasteiger partial charge is 0.466 e. The van der Waals surface area contributed by atoms with Crippen LogP contribution in [0, 0.1) is 0 Å². The van der Waals surface area contributed by atoms with Crippen molar-refractivity contribution in [3.63, 3.8) is 0 Å². The number of nitrogens with one attached hydrogen (secondary N) is 1. The van der Waals surface area contributed by atoms with Gasteiger partial charge in [-0.3, -0.25) is 9.59 Å². The van der Waals surface area contributed by atoms with Crippen molar-refractivity contribution in [2.45, 2.75) is 238 Å². The molecule has 3 N–H and O–H groups in total. The molecule has 2 unspecified atom stereocenters. The Bertz CT molecular complexity index is 942. The molecule has 55 heavy (non-hydrogen) atoms. The van der Waals surface area contributed by atoms with Crippen LogP contribution >= 0.6 is 0 Å². The summed E-state index contributed by atoms with van der Waals surface area (Å²) in [4.78, 5) is 24.4. The summed E-state index contributed by atoms with van der Waals surface area (Å²) in [6.45, 7) is 4.76. The lowest BCUT2D eigenvalue weighted by Gasteiger charge is -2.19. The number of carbonyl (C=O) groups is 2. The molecule has 0 heterocycles. The number of carbonyl (C=O) groups excluding carboxylic acids is 2. The average molecular weight is 772 g/mol. The summed E-state index contributed by atoms with van der Waals surface area (Å²) < 4.78 is 5.42. The Labute approximate surface area is 340 Å². The van der Waals surface area contributed by atoms with Gasteiger partial charge in [0.05, 0.1) is 25.4 Å². The number of esters is 1. The van der Waals surface area contributed by atoms with Crippen molar-refractivity contribution in [2.75, 3.05) is 13.2 Å². The van der Waals surface area contributed by atoms with Crippen LogP contribution < -0.4 is 5.32 Å². The maximum Gasteiger partial charge on any atom is 0.305 e. The van der Waals surface area contributed by atoms with Crippen molar-refractivity contribution in [3.8, 4) is 0 Å². The second-order valence-electron chi connectivity index (χ2n) is 15.7. The van der Waals surface area contributed by atoms with Crippen LogP contribution in [0.2, 0.25) is 0 Å². The molecule has 0 aromatic carbocycles. The van der Waals surface area contributed by atoms with Crippen molar-refractivity contribution >= 4 is 11.9 Å². The van der Waals surface area contributed by atoms with Crippen LogP contribution in [0.1, 0.15) is 226 Å². The fourth-order valence-electron chi connectivity index (χ4n) is 6.66. The smallest absolute Gasteiger partial charge is 0.305 e. The van der Waals surface area contributed by atoms with Gasteiger partial charge in [0.1, 0.15) is 0 Å². The Morgan fingerprint density at radius 3 is 1.45 bits per heavy atom. The zero-order chi connectivity index (χ0) is 40.1. The summed E-state index contributed by atoms with van der Waals surface area (Å²) >= 11 is 0. The number of rotatable bonds is 42. The van der Waals surface area contributed by atoms with Crippen molar-refractivity contribution in [1.29, 1.82) is 0 Å². The van der Waals surface area contributed by atoms with E-state index in [1.165, 1.54) is 116 Å². The van der Waals surface area contributed by atoms with E-state index in [0.29, 0.717) is 19.4 Å². The first kappa shape index (κ1) is 52.8. The quantitative estimate of drug-likeness (QED) is 0.0326. The van der Waals surface area contributed by atoms with Crippen LogP contribution in [0.4, 0.5) is 0 Å². The summed E-state index contributed by atoms with van der Waals surface area (Å²) in [5.41, 5.74) is 0. The summed E-state index contributed by atoms with van der Waals surface area (Å²) in [7, 11) is 0. The number of hydrogen-bond acceptors (Lipinski definition) is 5. The van der Waals surface area contributed by atoms with Crippen molar-refractivity contribution in [1.82, 2.24) is 5.32 Å². The number of unbranched alkanes of at least 4 members (excludes halogenated alkanes) is 25. The van der Waals surface area contributed by atoms with Gasteiger partial charge < -0.3 is 20.3 Å². The number of ether oxygens (including phenoxy) is 1. The number of aliphatic hydroxyl groups is 2. The molecule has 0 saturated carbocycles. The Morgan fingerprint density at radius 1 is 0.509 bits per heavy atom. The van der Waals surface area contributed by atoms with E-state index in [1.807, 2.05) is 6.08 Å². The molecule has 6 nitrogen and oxygen atoms in total. The van der Waals surface area contributed by atoms with Gasteiger partial charge in [-0.05, 0) is 83.5 Å². The zero-order valence-electron chi connectivity index (χ0n) is 36.1. The highest BCUT2D eigenvalue weighted by atomic mass is 16.5. The molecule has 0 aliphatic heterocycles. The Kier molecular flexibility index (Phi) is 42.8. The third-order valence-corrected chi connectivity index (χ3v) is 10.3. The van der Waals surface area contributed by atoms with E-state index in [0.717, 1.165) is 83.5 Å². The summed E-state index contributed by atoms with van der Waals surface area (Å²) in [6.07, 6.45) is 53.9. The van der Waals surface area contributed by atoms with Crippen LogP contribution in [0.5, 0.6) is 0 Å². The van der Waals surface area contributed by atoms with Crippen molar-refractivity contribution in [3.05, 3.63) is 48.6 Å². The second-order valence-corrected chi connectivity index (χ2v) is 15.7.